The lowest BCUT2D eigenvalue weighted by molar-refractivity contribution is -0.428. The molecule has 1 N–H and O–H groups in total. The van der Waals surface area contributed by atoms with Gasteiger partial charge in [0.2, 0.25) is 5.90 Å². The van der Waals surface area contributed by atoms with Crippen LogP contribution in [0.1, 0.15) is 5.56 Å². The summed E-state index contributed by atoms with van der Waals surface area (Å²) in [5.74, 6) is 0.0973. The Morgan fingerprint density at radius 2 is 1.92 bits per heavy atom. The van der Waals surface area contributed by atoms with Crippen LogP contribution in [-0.2, 0) is 4.74 Å². The summed E-state index contributed by atoms with van der Waals surface area (Å²) in [5, 5.41) is 7.34. The first kappa shape index (κ1) is 9.38. The predicted molar refractivity (Wildman–Crippen MR) is 49.5 cm³/mol. The van der Waals surface area contributed by atoms with Crippen LogP contribution in [0.3, 0.4) is 0 Å². The van der Waals surface area contributed by atoms with Crippen molar-refractivity contribution in [2.75, 3.05) is 14.2 Å². The van der Waals surface area contributed by atoms with E-state index in [2.05, 4.69) is 0 Å². The molecule has 1 rings (SSSR count). The Morgan fingerprint density at radius 3 is 2.31 bits per heavy atom. The molecule has 0 aliphatic heterocycles. The molecule has 0 saturated carbocycles. The van der Waals surface area contributed by atoms with E-state index < -0.39 is 0 Å². The molecule has 0 aromatic heterocycles. The minimum atomic E-state index is 0.0973. The number of hydrogen-bond acceptors (Lipinski definition) is 3. The van der Waals surface area contributed by atoms with E-state index in [9.17, 15) is 4.91 Å². The molecule has 0 aliphatic rings. The molecule has 0 atom stereocenters. The minimum absolute atomic E-state index is 0.0973. The minimum Gasteiger partial charge on any atom is -0.481 e. The molecular weight excluding hydrogens is 168 g/mol. The summed E-state index contributed by atoms with van der Waals surface area (Å²) in [6.07, 6.45) is 0. The van der Waals surface area contributed by atoms with E-state index in [-0.39, 0.29) is 5.90 Å². The summed E-state index contributed by atoms with van der Waals surface area (Å²) in [6, 6.07) is 6.65. The van der Waals surface area contributed by atoms with Crippen LogP contribution in [0.5, 0.6) is 0 Å². The van der Waals surface area contributed by atoms with Crippen LogP contribution in [-0.4, -0.2) is 24.8 Å². The summed E-state index contributed by atoms with van der Waals surface area (Å²) in [6.45, 7) is 0. The first-order valence-corrected chi connectivity index (χ1v) is 3.79. The number of rotatable bonds is 2. The van der Waals surface area contributed by atoms with Crippen molar-refractivity contribution < 1.29 is 9.50 Å². The van der Waals surface area contributed by atoms with Crippen molar-refractivity contribution in [2.45, 2.75) is 0 Å². The Labute approximate surface area is 76.2 Å². The van der Waals surface area contributed by atoms with Crippen molar-refractivity contribution in [1.82, 2.24) is 0 Å². The second kappa shape index (κ2) is 3.80. The summed E-state index contributed by atoms with van der Waals surface area (Å²) in [5.41, 5.74) is 1.22. The first-order valence-electron chi connectivity index (χ1n) is 3.79. The van der Waals surface area contributed by atoms with Gasteiger partial charge in [0.15, 0.2) is 7.05 Å². The summed E-state index contributed by atoms with van der Waals surface area (Å²) >= 11 is 0. The molecule has 4 heteroatoms. The van der Waals surface area contributed by atoms with Gasteiger partial charge in [0, 0.05) is 27.4 Å². The first-order chi connectivity index (χ1) is 6.15. The average molecular weight is 179 g/mol. The molecule has 68 valence electrons. The van der Waals surface area contributed by atoms with Crippen molar-refractivity contribution in [3.63, 3.8) is 0 Å². The van der Waals surface area contributed by atoms with Crippen LogP contribution in [0.15, 0.2) is 24.3 Å². The fourth-order valence-corrected chi connectivity index (χ4v) is 0.941. The van der Waals surface area contributed by atoms with Gasteiger partial charge in [-0.05, 0) is 12.1 Å². The van der Waals surface area contributed by atoms with Crippen LogP contribution in [0.2, 0.25) is 0 Å². The maximum absolute atomic E-state index is 10.8. The third kappa shape index (κ3) is 2.11. The maximum atomic E-state index is 10.8. The lowest BCUT2D eigenvalue weighted by Gasteiger charge is -1.99. The molecule has 0 heterocycles. The largest absolute Gasteiger partial charge is 0.481 e. The van der Waals surface area contributed by atoms with Gasteiger partial charge in [-0.3, -0.25) is 5.41 Å². The van der Waals surface area contributed by atoms with E-state index in [0.29, 0.717) is 11.3 Å². The fraction of sp³-hybridized carbons (Fsp3) is 0.222. The van der Waals surface area contributed by atoms with Gasteiger partial charge in [-0.2, -0.15) is 0 Å². The van der Waals surface area contributed by atoms with Gasteiger partial charge in [0.05, 0.1) is 7.11 Å². The number of ether oxygens (including phenoxy) is 1. The number of nitroso groups, excluding NO2 is 1. The zero-order valence-electron chi connectivity index (χ0n) is 7.57. The van der Waals surface area contributed by atoms with Gasteiger partial charge in [0.1, 0.15) is 0 Å². The highest BCUT2D eigenvalue weighted by Gasteiger charge is 2.07. The quantitative estimate of drug-likeness (QED) is 0.426. The van der Waals surface area contributed by atoms with E-state index in [0.717, 1.165) is 4.76 Å². The Kier molecular flexibility index (Phi) is 2.74. The van der Waals surface area contributed by atoms with Gasteiger partial charge in [-0.25, -0.2) is 0 Å². The fourth-order valence-electron chi connectivity index (χ4n) is 0.941. The third-order valence-electron chi connectivity index (χ3n) is 1.70. The van der Waals surface area contributed by atoms with E-state index in [1.165, 1.54) is 14.2 Å². The van der Waals surface area contributed by atoms with Gasteiger partial charge < -0.3 is 4.74 Å². The van der Waals surface area contributed by atoms with Gasteiger partial charge in [-0.15, -0.1) is 0 Å². The molecule has 13 heavy (non-hydrogen) atoms. The number of benzene rings is 1. The van der Waals surface area contributed by atoms with E-state index in [1.54, 1.807) is 24.3 Å². The molecule has 0 radical (unpaired) electrons. The highest BCUT2D eigenvalue weighted by molar-refractivity contribution is 5.91. The van der Waals surface area contributed by atoms with Crippen molar-refractivity contribution in [2.24, 2.45) is 0 Å². The Hall–Kier alpha value is -1.71. The molecule has 0 aliphatic carbocycles. The van der Waals surface area contributed by atoms with Crippen molar-refractivity contribution in [1.29, 1.82) is 5.41 Å². The number of nitrogens with zero attached hydrogens (tertiary/aromatic N) is 1. The molecular formula is C9H11N2O2+. The van der Waals surface area contributed by atoms with Gasteiger partial charge in [0.25, 0.3) is 5.69 Å². The zero-order valence-corrected chi connectivity index (χ0v) is 7.57. The SMILES string of the molecule is COC(=N)c1ccc([N+](C)=O)cc1. The molecule has 0 amide bonds. The summed E-state index contributed by atoms with van der Waals surface area (Å²) in [7, 11) is 2.87. The monoisotopic (exact) mass is 179 g/mol. The lowest BCUT2D eigenvalue weighted by atomic mass is 10.2. The molecule has 0 saturated heterocycles. The van der Waals surface area contributed by atoms with Crippen molar-refractivity contribution >= 4 is 11.6 Å². The smallest absolute Gasteiger partial charge is 0.255 e. The van der Waals surface area contributed by atoms with Crippen LogP contribution in [0.4, 0.5) is 5.69 Å². The number of nitrogens with one attached hydrogen (secondary N) is 1. The average Bonchev–Trinajstić information content (AvgIpc) is 2.17. The predicted octanol–water partition coefficient (Wildman–Crippen LogP) is 1.70. The van der Waals surface area contributed by atoms with Crippen molar-refractivity contribution in [3.8, 4) is 0 Å². The third-order valence-corrected chi connectivity index (χ3v) is 1.70. The van der Waals surface area contributed by atoms with Crippen LogP contribution in [0, 0.1) is 10.3 Å². The Bertz CT molecular complexity index is 330. The Morgan fingerprint density at radius 1 is 1.38 bits per heavy atom. The molecule has 0 spiro atoms. The lowest BCUT2D eigenvalue weighted by Crippen LogP contribution is -2.01. The summed E-state index contributed by atoms with van der Waals surface area (Å²) < 4.78 is 5.49. The highest BCUT2D eigenvalue weighted by atomic mass is 16.5. The van der Waals surface area contributed by atoms with Crippen molar-refractivity contribution in [3.05, 3.63) is 34.7 Å². The maximum Gasteiger partial charge on any atom is 0.255 e. The highest BCUT2D eigenvalue weighted by Crippen LogP contribution is 2.11. The van der Waals surface area contributed by atoms with Crippen LogP contribution >= 0.6 is 0 Å². The number of hydrogen-bond donors (Lipinski definition) is 1. The molecule has 0 bridgehead atoms. The molecule has 0 fully saturated rings. The zero-order chi connectivity index (χ0) is 9.84. The summed E-state index contributed by atoms with van der Waals surface area (Å²) in [4.78, 5) is 10.8. The van der Waals surface area contributed by atoms with Gasteiger partial charge in [-0.1, -0.05) is 0 Å². The van der Waals surface area contributed by atoms with E-state index in [4.69, 9.17) is 10.1 Å². The van der Waals surface area contributed by atoms with E-state index >= 15 is 0 Å². The van der Waals surface area contributed by atoms with Crippen LogP contribution in [0.25, 0.3) is 0 Å². The van der Waals surface area contributed by atoms with E-state index in [1.807, 2.05) is 0 Å². The normalized spacial score (nSPS) is 9.38. The molecule has 4 nitrogen and oxygen atoms in total. The molecule has 1 aromatic rings. The topological polar surface area (TPSA) is 53.2 Å². The standard InChI is InChI=1S/C9H11N2O2/c1-11(12)8-5-3-7(4-6-8)9(10)13-2/h3-6,10H,1-2H3/q+1. The number of methoxy groups -OCH3 is 1. The van der Waals surface area contributed by atoms with Gasteiger partial charge >= 0.3 is 0 Å². The second-order valence-electron chi connectivity index (χ2n) is 2.58. The molecule has 1 aromatic carbocycles. The molecule has 0 unspecified atom stereocenters. The second-order valence-corrected chi connectivity index (χ2v) is 2.58. The Balaban J connectivity index is 2.93. The van der Waals surface area contributed by atoms with Crippen LogP contribution < -0.4 is 0 Å².